The van der Waals surface area contributed by atoms with E-state index in [9.17, 15) is 0 Å². The van der Waals surface area contributed by atoms with Crippen molar-refractivity contribution in [2.45, 2.75) is 6.04 Å². The Labute approximate surface area is 68.7 Å². The number of aromatic nitrogens is 2. The normalized spacial score (nSPS) is 13.3. The summed E-state index contributed by atoms with van der Waals surface area (Å²) in [6.07, 6.45) is 1.67. The Bertz CT molecular complexity index is 190. The first-order valence-corrected chi connectivity index (χ1v) is 3.88. The van der Waals surface area contributed by atoms with Crippen molar-refractivity contribution >= 4 is 11.5 Å². The highest BCUT2D eigenvalue weighted by Gasteiger charge is 2.10. The van der Waals surface area contributed by atoms with Crippen LogP contribution in [0.2, 0.25) is 0 Å². The van der Waals surface area contributed by atoms with Crippen molar-refractivity contribution in [1.82, 2.24) is 15.0 Å². The van der Waals surface area contributed by atoms with Gasteiger partial charge in [0.15, 0.2) is 0 Å². The number of hydrogen-bond acceptors (Lipinski definition) is 6. The summed E-state index contributed by atoms with van der Waals surface area (Å²) in [5, 5.41) is 3.69. The molecule has 0 aliphatic carbocycles. The van der Waals surface area contributed by atoms with E-state index >= 15 is 0 Å². The van der Waals surface area contributed by atoms with Crippen molar-refractivity contribution < 1.29 is 4.74 Å². The van der Waals surface area contributed by atoms with Gasteiger partial charge in [0.2, 0.25) is 0 Å². The summed E-state index contributed by atoms with van der Waals surface area (Å²) in [5.41, 5.74) is 2.61. The number of rotatable bonds is 4. The van der Waals surface area contributed by atoms with E-state index in [1.165, 1.54) is 11.5 Å². The Kier molecular flexibility index (Phi) is 3.37. The van der Waals surface area contributed by atoms with E-state index in [1.807, 2.05) is 0 Å². The van der Waals surface area contributed by atoms with E-state index in [1.54, 1.807) is 13.3 Å². The number of methoxy groups -OCH3 is 1. The number of hydrogen-bond donors (Lipinski definition) is 2. The molecule has 0 spiro atoms. The Hall–Kier alpha value is -0.560. The van der Waals surface area contributed by atoms with Crippen LogP contribution >= 0.6 is 11.5 Å². The molecule has 0 bridgehead atoms. The maximum Gasteiger partial charge on any atom is 0.0818 e. The van der Waals surface area contributed by atoms with Gasteiger partial charge in [-0.2, -0.15) is 0 Å². The molecule has 1 heterocycles. The molecule has 1 aromatic heterocycles. The van der Waals surface area contributed by atoms with Gasteiger partial charge in [0.05, 0.1) is 23.7 Å². The van der Waals surface area contributed by atoms with Crippen molar-refractivity contribution in [3.05, 3.63) is 11.1 Å². The van der Waals surface area contributed by atoms with Gasteiger partial charge in [0.25, 0.3) is 0 Å². The van der Waals surface area contributed by atoms with Crippen LogP contribution in [0.4, 0.5) is 0 Å². The summed E-state index contributed by atoms with van der Waals surface area (Å²) < 4.78 is 8.64. The van der Waals surface area contributed by atoms with Crippen LogP contribution < -0.4 is 11.3 Å². The predicted molar refractivity (Wildman–Crippen MR) is 41.8 cm³/mol. The van der Waals surface area contributed by atoms with Crippen LogP contribution in [0, 0.1) is 0 Å². The molecule has 1 aromatic rings. The van der Waals surface area contributed by atoms with E-state index in [4.69, 9.17) is 10.6 Å². The van der Waals surface area contributed by atoms with Gasteiger partial charge in [0.1, 0.15) is 0 Å². The smallest absolute Gasteiger partial charge is 0.0818 e. The van der Waals surface area contributed by atoms with E-state index < -0.39 is 0 Å². The molecule has 0 aliphatic heterocycles. The van der Waals surface area contributed by atoms with Crippen molar-refractivity contribution in [3.63, 3.8) is 0 Å². The molecular formula is C5H10N4OS. The summed E-state index contributed by atoms with van der Waals surface area (Å²) in [5.74, 6) is 5.27. The van der Waals surface area contributed by atoms with Crippen LogP contribution in [-0.2, 0) is 4.74 Å². The number of nitrogens with two attached hydrogens (primary N) is 1. The summed E-state index contributed by atoms with van der Waals surface area (Å²) >= 11 is 1.31. The van der Waals surface area contributed by atoms with Crippen molar-refractivity contribution in [3.8, 4) is 0 Å². The second kappa shape index (κ2) is 4.35. The Morgan fingerprint density at radius 1 is 1.91 bits per heavy atom. The molecule has 62 valence electrons. The fourth-order valence-corrected chi connectivity index (χ4v) is 1.25. The van der Waals surface area contributed by atoms with Crippen LogP contribution in [0.15, 0.2) is 6.20 Å². The van der Waals surface area contributed by atoms with Crippen LogP contribution in [-0.4, -0.2) is 23.3 Å². The maximum atomic E-state index is 5.27. The third kappa shape index (κ3) is 2.19. The van der Waals surface area contributed by atoms with Crippen molar-refractivity contribution in [2.75, 3.05) is 13.7 Å². The molecule has 11 heavy (non-hydrogen) atoms. The topological polar surface area (TPSA) is 73.1 Å². The molecule has 1 unspecified atom stereocenters. The molecular weight excluding hydrogens is 164 g/mol. The second-order valence-corrected chi connectivity index (χ2v) is 2.81. The van der Waals surface area contributed by atoms with E-state index in [0.29, 0.717) is 6.61 Å². The first-order chi connectivity index (χ1) is 5.38. The van der Waals surface area contributed by atoms with Crippen LogP contribution in [0.5, 0.6) is 0 Å². The lowest BCUT2D eigenvalue weighted by Gasteiger charge is -2.10. The van der Waals surface area contributed by atoms with E-state index in [2.05, 4.69) is 15.0 Å². The molecule has 3 N–H and O–H groups in total. The molecule has 0 saturated heterocycles. The van der Waals surface area contributed by atoms with Crippen LogP contribution in [0.1, 0.15) is 10.9 Å². The number of nitrogens with one attached hydrogen (secondary N) is 1. The molecule has 1 atom stereocenters. The zero-order valence-corrected chi connectivity index (χ0v) is 6.97. The average Bonchev–Trinajstić information content (AvgIpc) is 2.52. The standard InChI is InChI=1S/C5H10N4OS/c1-10-3-4(8-6)5-2-7-9-11-5/h2,4,8H,3,6H2,1H3. The Balaban J connectivity index is 2.56. The number of ether oxygens (including phenoxy) is 1. The maximum absolute atomic E-state index is 5.27. The highest BCUT2D eigenvalue weighted by molar-refractivity contribution is 7.05. The lowest BCUT2D eigenvalue weighted by atomic mass is 10.3. The molecule has 1 rings (SSSR count). The van der Waals surface area contributed by atoms with Crippen molar-refractivity contribution in [2.24, 2.45) is 5.84 Å². The molecule has 0 aromatic carbocycles. The molecule has 5 nitrogen and oxygen atoms in total. The third-order valence-corrected chi connectivity index (χ3v) is 2.03. The lowest BCUT2D eigenvalue weighted by molar-refractivity contribution is 0.168. The van der Waals surface area contributed by atoms with E-state index in [0.717, 1.165) is 4.88 Å². The monoisotopic (exact) mass is 174 g/mol. The molecule has 0 saturated carbocycles. The van der Waals surface area contributed by atoms with Crippen LogP contribution in [0.3, 0.4) is 0 Å². The molecule has 0 aliphatic rings. The lowest BCUT2D eigenvalue weighted by Crippen LogP contribution is -2.30. The van der Waals surface area contributed by atoms with Gasteiger partial charge in [-0.3, -0.25) is 5.84 Å². The SMILES string of the molecule is COCC(NN)c1cnns1. The molecule has 6 heteroatoms. The molecule has 0 fully saturated rings. The largest absolute Gasteiger partial charge is 0.383 e. The minimum Gasteiger partial charge on any atom is -0.383 e. The number of hydrazine groups is 1. The second-order valence-electron chi connectivity index (χ2n) is 1.99. The van der Waals surface area contributed by atoms with Gasteiger partial charge < -0.3 is 4.74 Å². The van der Waals surface area contributed by atoms with Gasteiger partial charge in [-0.15, -0.1) is 5.10 Å². The van der Waals surface area contributed by atoms with Crippen LogP contribution in [0.25, 0.3) is 0 Å². The average molecular weight is 174 g/mol. The van der Waals surface area contributed by atoms with Gasteiger partial charge >= 0.3 is 0 Å². The zero-order chi connectivity index (χ0) is 8.10. The van der Waals surface area contributed by atoms with Crippen molar-refractivity contribution in [1.29, 1.82) is 0 Å². The van der Waals surface area contributed by atoms with Gasteiger partial charge in [-0.1, -0.05) is 4.49 Å². The number of nitrogens with zero attached hydrogens (tertiary/aromatic N) is 2. The fourth-order valence-electron chi connectivity index (χ4n) is 0.707. The summed E-state index contributed by atoms with van der Waals surface area (Å²) in [4.78, 5) is 0.981. The highest BCUT2D eigenvalue weighted by Crippen LogP contribution is 2.13. The Morgan fingerprint density at radius 3 is 3.18 bits per heavy atom. The highest BCUT2D eigenvalue weighted by atomic mass is 32.1. The third-order valence-electron chi connectivity index (χ3n) is 1.26. The molecule has 0 amide bonds. The molecule has 0 radical (unpaired) electrons. The quantitative estimate of drug-likeness (QED) is 0.484. The first-order valence-electron chi connectivity index (χ1n) is 3.10. The van der Waals surface area contributed by atoms with Gasteiger partial charge in [-0.05, 0) is 11.5 Å². The minimum absolute atomic E-state index is 0.000000000000000444. The van der Waals surface area contributed by atoms with E-state index in [-0.39, 0.29) is 6.04 Å². The summed E-state index contributed by atoms with van der Waals surface area (Å²) in [6.45, 7) is 0.528. The summed E-state index contributed by atoms with van der Waals surface area (Å²) in [7, 11) is 1.62. The summed E-state index contributed by atoms with van der Waals surface area (Å²) in [6, 6.07) is -0.000000000000000444. The first kappa shape index (κ1) is 8.54. The van der Waals surface area contributed by atoms with Gasteiger partial charge in [-0.25, -0.2) is 5.43 Å². The minimum atomic E-state index is -0.000000000000000444. The van der Waals surface area contributed by atoms with Gasteiger partial charge in [0, 0.05) is 7.11 Å². The Morgan fingerprint density at radius 2 is 2.73 bits per heavy atom. The predicted octanol–water partition coefficient (Wildman–Crippen LogP) is -0.311. The zero-order valence-electron chi connectivity index (χ0n) is 6.15. The fraction of sp³-hybridized carbons (Fsp3) is 0.600.